The summed E-state index contributed by atoms with van der Waals surface area (Å²) in [6.45, 7) is 5.10. The van der Waals surface area contributed by atoms with E-state index < -0.39 is 0 Å². The van der Waals surface area contributed by atoms with Crippen molar-refractivity contribution in [3.8, 4) is 0 Å². The van der Waals surface area contributed by atoms with Crippen LogP contribution in [-0.2, 0) is 0 Å². The summed E-state index contributed by atoms with van der Waals surface area (Å²) in [5.41, 5.74) is 1.55. The highest BCUT2D eigenvalue weighted by atomic mass is 35.5. The maximum absolute atomic E-state index is 5.61. The molecule has 0 saturated heterocycles. The summed E-state index contributed by atoms with van der Waals surface area (Å²) in [6.07, 6.45) is 3.09. The van der Waals surface area contributed by atoms with Crippen molar-refractivity contribution >= 4 is 23.2 Å². The summed E-state index contributed by atoms with van der Waals surface area (Å²) >= 11 is 11.0. The van der Waals surface area contributed by atoms with Gasteiger partial charge in [0.1, 0.15) is 0 Å². The van der Waals surface area contributed by atoms with Gasteiger partial charge in [-0.2, -0.15) is 0 Å². The highest BCUT2D eigenvalue weighted by molar-refractivity contribution is 6.25. The number of rotatable bonds is 6. The third kappa shape index (κ3) is 6.67. The molecule has 0 fully saturated rings. The molecule has 11 heavy (non-hydrogen) atoms. The van der Waals surface area contributed by atoms with Crippen LogP contribution in [0.5, 0.6) is 0 Å². The Morgan fingerprint density at radius 2 is 2.09 bits per heavy atom. The third-order valence-corrected chi connectivity index (χ3v) is 1.74. The molecule has 0 atom stereocenters. The van der Waals surface area contributed by atoms with E-state index >= 15 is 0 Å². The summed E-state index contributed by atoms with van der Waals surface area (Å²) in [5, 5.41) is 0. The molecule has 0 saturated carbocycles. The minimum atomic E-state index is 0.691. The van der Waals surface area contributed by atoms with E-state index in [1.54, 1.807) is 5.54 Å². The Labute approximate surface area is 79.0 Å². The molecule has 0 radical (unpaired) electrons. The molecule has 0 aromatic rings. The van der Waals surface area contributed by atoms with Gasteiger partial charge in [-0.25, -0.2) is 0 Å². The van der Waals surface area contributed by atoms with Crippen LogP contribution in [0.4, 0.5) is 0 Å². The Hall–Kier alpha value is 0.280. The van der Waals surface area contributed by atoms with Gasteiger partial charge in [-0.1, -0.05) is 24.6 Å². The van der Waals surface area contributed by atoms with Crippen LogP contribution in [-0.4, -0.2) is 30.4 Å². The first kappa shape index (κ1) is 11.3. The molecule has 0 amide bonds. The molecule has 0 rings (SSSR count). The van der Waals surface area contributed by atoms with E-state index in [9.17, 15) is 0 Å². The van der Waals surface area contributed by atoms with Crippen LogP contribution >= 0.6 is 23.2 Å². The molecule has 0 spiro atoms. The first-order chi connectivity index (χ1) is 5.35. The molecule has 0 N–H and O–H groups in total. The highest BCUT2D eigenvalue weighted by Gasteiger charge is 1.98. The lowest BCUT2D eigenvalue weighted by Crippen LogP contribution is -2.26. The second-order valence-electron chi connectivity index (χ2n) is 2.35. The average Bonchev–Trinajstić information content (AvgIpc) is 2.01. The Morgan fingerprint density at radius 3 is 2.55 bits per heavy atom. The van der Waals surface area contributed by atoms with E-state index in [0.717, 1.165) is 26.1 Å². The fourth-order valence-electron chi connectivity index (χ4n) is 0.919. The van der Waals surface area contributed by atoms with Crippen LogP contribution in [0.3, 0.4) is 0 Å². The maximum atomic E-state index is 5.61. The van der Waals surface area contributed by atoms with Crippen LogP contribution < -0.4 is 0 Å². The van der Waals surface area contributed by atoms with Gasteiger partial charge in [0, 0.05) is 24.5 Å². The van der Waals surface area contributed by atoms with Gasteiger partial charge in [-0.3, -0.25) is 4.90 Å². The Morgan fingerprint density at radius 1 is 1.36 bits per heavy atom. The molecule has 0 aromatic heterocycles. The summed E-state index contributed by atoms with van der Waals surface area (Å²) in [4.78, 5) is 2.27. The van der Waals surface area contributed by atoms with Gasteiger partial charge >= 0.3 is 0 Å². The molecule has 0 bridgehead atoms. The second-order valence-corrected chi connectivity index (χ2v) is 2.98. The monoisotopic (exact) mass is 195 g/mol. The van der Waals surface area contributed by atoms with Gasteiger partial charge in [0.25, 0.3) is 0 Å². The van der Waals surface area contributed by atoms with Crippen molar-refractivity contribution in [3.05, 3.63) is 11.6 Å². The van der Waals surface area contributed by atoms with E-state index in [1.165, 1.54) is 0 Å². The third-order valence-electron chi connectivity index (χ3n) is 1.39. The predicted molar refractivity (Wildman–Crippen MR) is 52.4 cm³/mol. The Balaban J connectivity index is 3.50. The van der Waals surface area contributed by atoms with Crippen molar-refractivity contribution in [2.45, 2.75) is 13.3 Å². The van der Waals surface area contributed by atoms with Gasteiger partial charge < -0.3 is 0 Å². The molecule has 0 heterocycles. The van der Waals surface area contributed by atoms with Crippen molar-refractivity contribution in [2.75, 3.05) is 25.5 Å². The van der Waals surface area contributed by atoms with Gasteiger partial charge in [0.15, 0.2) is 0 Å². The van der Waals surface area contributed by atoms with Gasteiger partial charge in [0.05, 0.1) is 0 Å². The van der Waals surface area contributed by atoms with E-state index in [2.05, 4.69) is 11.8 Å². The molecule has 66 valence electrons. The quantitative estimate of drug-likeness (QED) is 0.590. The summed E-state index contributed by atoms with van der Waals surface area (Å²) in [6, 6.07) is 0. The van der Waals surface area contributed by atoms with Crippen molar-refractivity contribution < 1.29 is 0 Å². The summed E-state index contributed by atoms with van der Waals surface area (Å²) < 4.78 is 0. The van der Waals surface area contributed by atoms with E-state index in [1.807, 2.05) is 6.08 Å². The molecule has 0 aliphatic heterocycles. The fraction of sp³-hybridized carbons (Fsp3) is 0.750. The Kier molecular flexibility index (Phi) is 8.59. The lowest BCUT2D eigenvalue weighted by Gasteiger charge is -2.17. The van der Waals surface area contributed by atoms with Crippen molar-refractivity contribution in [3.63, 3.8) is 0 Å². The van der Waals surface area contributed by atoms with E-state index in [0.29, 0.717) is 5.88 Å². The lowest BCUT2D eigenvalue weighted by atomic mass is 10.4. The van der Waals surface area contributed by atoms with Crippen LogP contribution in [0.2, 0.25) is 0 Å². The van der Waals surface area contributed by atoms with Crippen molar-refractivity contribution in [2.24, 2.45) is 0 Å². The minimum absolute atomic E-state index is 0.691. The predicted octanol–water partition coefficient (Wildman–Crippen LogP) is 2.69. The van der Waals surface area contributed by atoms with E-state index in [4.69, 9.17) is 23.2 Å². The summed E-state index contributed by atoms with van der Waals surface area (Å²) in [7, 11) is 0. The molecule has 1 nitrogen and oxygen atoms in total. The normalized spacial score (nSPS) is 11.6. The van der Waals surface area contributed by atoms with Gasteiger partial charge in [-0.05, 0) is 13.0 Å². The zero-order valence-corrected chi connectivity index (χ0v) is 8.41. The van der Waals surface area contributed by atoms with E-state index in [-0.39, 0.29) is 0 Å². The average molecular weight is 196 g/mol. The molecule has 0 unspecified atom stereocenters. The van der Waals surface area contributed by atoms with Crippen LogP contribution in [0.25, 0.3) is 0 Å². The van der Waals surface area contributed by atoms with Crippen molar-refractivity contribution in [1.82, 2.24) is 4.90 Å². The molecule has 0 aliphatic rings. The van der Waals surface area contributed by atoms with Crippen LogP contribution in [0.15, 0.2) is 11.6 Å². The summed E-state index contributed by atoms with van der Waals surface area (Å²) in [5.74, 6) is 0.691. The van der Waals surface area contributed by atoms with Crippen LogP contribution in [0, 0.1) is 0 Å². The number of nitrogens with zero attached hydrogens (tertiary/aromatic N) is 1. The molecular weight excluding hydrogens is 181 g/mol. The van der Waals surface area contributed by atoms with Gasteiger partial charge in [-0.15, -0.1) is 11.6 Å². The number of alkyl halides is 1. The number of hydrogen-bond donors (Lipinski definition) is 0. The molecule has 0 aromatic carbocycles. The SMILES string of the molecule is CCCN(C/C=C/Cl)CCCl. The second kappa shape index (κ2) is 8.38. The molecule has 0 aliphatic carbocycles. The molecule has 3 heteroatoms. The molecular formula is C8H15Cl2N. The topological polar surface area (TPSA) is 3.24 Å². The zero-order chi connectivity index (χ0) is 8.53. The van der Waals surface area contributed by atoms with Crippen LogP contribution in [0.1, 0.15) is 13.3 Å². The lowest BCUT2D eigenvalue weighted by molar-refractivity contribution is 0.322. The maximum Gasteiger partial charge on any atom is 0.0351 e. The Bertz CT molecular complexity index is 98.3. The minimum Gasteiger partial charge on any atom is -0.298 e. The van der Waals surface area contributed by atoms with Gasteiger partial charge in [0.2, 0.25) is 0 Å². The zero-order valence-electron chi connectivity index (χ0n) is 6.89. The number of hydrogen-bond acceptors (Lipinski definition) is 1. The fourth-order valence-corrected chi connectivity index (χ4v) is 1.24. The first-order valence-corrected chi connectivity index (χ1v) is 4.85. The largest absolute Gasteiger partial charge is 0.298 e. The number of halogens is 2. The smallest absolute Gasteiger partial charge is 0.0351 e. The highest BCUT2D eigenvalue weighted by Crippen LogP contribution is 1.93. The first-order valence-electron chi connectivity index (χ1n) is 3.88. The van der Waals surface area contributed by atoms with Crippen molar-refractivity contribution in [1.29, 1.82) is 0 Å². The standard InChI is InChI=1S/C8H15Cl2N/c1-2-6-11(8-5-10)7-3-4-9/h3-4H,2,5-8H2,1H3/b4-3+.